The lowest BCUT2D eigenvalue weighted by molar-refractivity contribution is -0.185. The zero-order chi connectivity index (χ0) is 32.0. The Kier molecular flexibility index (Phi) is 10.8. The Bertz CT molecular complexity index is 1510. The molecule has 9 nitrogen and oxygen atoms in total. The van der Waals surface area contributed by atoms with Crippen LogP contribution in [-0.2, 0) is 21.4 Å². The van der Waals surface area contributed by atoms with Crippen LogP contribution in [0.1, 0.15) is 60.4 Å². The van der Waals surface area contributed by atoms with E-state index in [0.717, 1.165) is 34.9 Å². The van der Waals surface area contributed by atoms with E-state index in [-0.39, 0.29) is 32.1 Å². The first kappa shape index (κ1) is 33.2. The van der Waals surface area contributed by atoms with E-state index in [2.05, 4.69) is 20.6 Å². The van der Waals surface area contributed by atoms with Crippen LogP contribution >= 0.6 is 11.6 Å². The van der Waals surface area contributed by atoms with Gasteiger partial charge in [0, 0.05) is 45.0 Å². The van der Waals surface area contributed by atoms with Crippen molar-refractivity contribution in [2.24, 2.45) is 13.0 Å². The molecule has 3 atom stereocenters. The van der Waals surface area contributed by atoms with Crippen LogP contribution in [0.2, 0.25) is 5.02 Å². The van der Waals surface area contributed by atoms with E-state index in [4.69, 9.17) is 16.3 Å². The number of halogens is 4. The van der Waals surface area contributed by atoms with Gasteiger partial charge in [0.1, 0.15) is 12.5 Å². The van der Waals surface area contributed by atoms with Gasteiger partial charge < -0.3 is 24.8 Å². The summed E-state index contributed by atoms with van der Waals surface area (Å²) in [5.41, 5.74) is 4.43. The van der Waals surface area contributed by atoms with Crippen molar-refractivity contribution in [1.82, 2.24) is 30.1 Å². The van der Waals surface area contributed by atoms with Crippen LogP contribution in [0.4, 0.5) is 13.2 Å². The van der Waals surface area contributed by atoms with Gasteiger partial charge in [0.05, 0.1) is 36.0 Å². The third-order valence-corrected chi connectivity index (χ3v) is 7.77. The van der Waals surface area contributed by atoms with E-state index in [0.29, 0.717) is 17.1 Å². The molecule has 44 heavy (non-hydrogen) atoms. The van der Waals surface area contributed by atoms with Gasteiger partial charge in [-0.3, -0.25) is 14.6 Å². The predicted molar refractivity (Wildman–Crippen MR) is 161 cm³/mol. The zero-order valence-electron chi connectivity index (χ0n) is 25.0. The van der Waals surface area contributed by atoms with Crippen molar-refractivity contribution in [3.8, 4) is 0 Å². The maximum absolute atomic E-state index is 13.3. The number of amides is 2. The number of aromatic nitrogens is 3. The van der Waals surface area contributed by atoms with Gasteiger partial charge in [0.25, 0.3) is 0 Å². The van der Waals surface area contributed by atoms with E-state index >= 15 is 0 Å². The largest absolute Gasteiger partial charge is 0.400 e. The maximum Gasteiger partial charge on any atom is 0.400 e. The van der Waals surface area contributed by atoms with Gasteiger partial charge >= 0.3 is 6.18 Å². The van der Waals surface area contributed by atoms with Crippen molar-refractivity contribution in [3.05, 3.63) is 82.2 Å². The lowest BCUT2D eigenvalue weighted by atomic mass is 9.90. The van der Waals surface area contributed by atoms with Gasteiger partial charge in [0.15, 0.2) is 0 Å². The standard InChI is InChI=1S/C31H36ClF3N6O3/c1-5-12-41(30(43)19(2)31(33,34)35)13-11-38-29-22-9-8-21(32)15-23(22)24(14-20-7-6-10-37-27(20)29)28(39-26(42)17-44-4)25-16-36-18-40(25)3/h6-10,14-16,18-19,28-29,38H,5,11-13,17H2,1-4H3,(H,39,42). The number of pyridine rings is 1. The normalized spacial score (nSPS) is 15.8. The van der Waals surface area contributed by atoms with Crippen LogP contribution < -0.4 is 10.6 Å². The van der Waals surface area contributed by atoms with E-state index in [1.807, 2.05) is 42.8 Å². The fourth-order valence-electron chi connectivity index (χ4n) is 5.31. The molecular formula is C31H36ClF3N6O3. The molecule has 1 aliphatic rings. The maximum atomic E-state index is 13.3. The summed E-state index contributed by atoms with van der Waals surface area (Å²) in [7, 11) is 3.27. The molecule has 3 unspecified atom stereocenters. The number of imidazole rings is 1. The van der Waals surface area contributed by atoms with Crippen molar-refractivity contribution in [3.63, 3.8) is 0 Å². The number of ether oxygens (including phenoxy) is 1. The molecule has 13 heteroatoms. The van der Waals surface area contributed by atoms with E-state index in [9.17, 15) is 22.8 Å². The minimum Gasteiger partial charge on any atom is -0.375 e. The molecule has 0 saturated heterocycles. The summed E-state index contributed by atoms with van der Waals surface area (Å²) in [4.78, 5) is 35.8. The number of nitrogens with zero attached hydrogens (tertiary/aromatic N) is 4. The second-order valence-electron chi connectivity index (χ2n) is 10.6. The zero-order valence-corrected chi connectivity index (χ0v) is 25.7. The molecule has 0 aliphatic heterocycles. The number of hydrogen-bond donors (Lipinski definition) is 2. The van der Waals surface area contributed by atoms with Crippen molar-refractivity contribution in [1.29, 1.82) is 0 Å². The molecule has 2 N–H and O–H groups in total. The molecule has 0 saturated carbocycles. The van der Waals surface area contributed by atoms with Crippen LogP contribution in [0.15, 0.2) is 49.1 Å². The highest BCUT2D eigenvalue weighted by Gasteiger charge is 2.43. The minimum atomic E-state index is -4.62. The lowest BCUT2D eigenvalue weighted by Crippen LogP contribution is -2.44. The number of nitrogens with one attached hydrogen (secondary N) is 2. The topological polar surface area (TPSA) is 101 Å². The molecule has 0 fully saturated rings. The fraction of sp³-hybridized carbons (Fsp3) is 0.419. The van der Waals surface area contributed by atoms with Crippen molar-refractivity contribution in [2.45, 2.75) is 38.5 Å². The Morgan fingerprint density at radius 1 is 1.23 bits per heavy atom. The van der Waals surface area contributed by atoms with Crippen LogP contribution in [0.5, 0.6) is 0 Å². The summed E-state index contributed by atoms with van der Waals surface area (Å²) in [6.45, 7) is 3.03. The third-order valence-electron chi connectivity index (χ3n) is 7.53. The smallest absolute Gasteiger partial charge is 0.375 e. The van der Waals surface area contributed by atoms with E-state index in [1.165, 1.54) is 12.0 Å². The highest BCUT2D eigenvalue weighted by Crippen LogP contribution is 2.42. The highest BCUT2D eigenvalue weighted by atomic mass is 35.5. The Morgan fingerprint density at radius 3 is 2.66 bits per heavy atom. The summed E-state index contributed by atoms with van der Waals surface area (Å²) in [5, 5.41) is 6.97. The van der Waals surface area contributed by atoms with Crippen molar-refractivity contribution < 1.29 is 27.5 Å². The number of benzene rings is 1. The Hall–Kier alpha value is -3.74. The monoisotopic (exact) mass is 632 g/mol. The number of hydrogen-bond acceptors (Lipinski definition) is 6. The molecule has 1 aliphatic carbocycles. The summed E-state index contributed by atoms with van der Waals surface area (Å²) in [5.74, 6) is -3.38. The van der Waals surface area contributed by atoms with Crippen molar-refractivity contribution >= 4 is 35.1 Å². The van der Waals surface area contributed by atoms with Crippen LogP contribution in [0, 0.1) is 5.92 Å². The van der Waals surface area contributed by atoms with Gasteiger partial charge in [-0.2, -0.15) is 13.2 Å². The van der Waals surface area contributed by atoms with Crippen LogP contribution in [0.25, 0.3) is 11.6 Å². The summed E-state index contributed by atoms with van der Waals surface area (Å²) in [6.07, 6.45) is 2.83. The molecule has 0 spiro atoms. The summed E-state index contributed by atoms with van der Waals surface area (Å²) < 4.78 is 46.9. The predicted octanol–water partition coefficient (Wildman–Crippen LogP) is 4.94. The fourth-order valence-corrected chi connectivity index (χ4v) is 5.48. The molecule has 0 bridgehead atoms. The average Bonchev–Trinajstić information content (AvgIpc) is 3.35. The van der Waals surface area contributed by atoms with Crippen LogP contribution in [-0.4, -0.2) is 70.8 Å². The second kappa shape index (κ2) is 14.4. The summed E-state index contributed by atoms with van der Waals surface area (Å²) >= 11 is 6.53. The molecule has 3 aromatic rings. The number of fused-ring (bicyclic) bond motifs is 2. The first-order valence-corrected chi connectivity index (χ1v) is 14.6. The minimum absolute atomic E-state index is 0.0691. The lowest BCUT2D eigenvalue weighted by Gasteiger charge is -2.28. The quantitative estimate of drug-likeness (QED) is 0.293. The number of carbonyl (C=O) groups is 2. The Labute approximate surface area is 259 Å². The molecule has 236 valence electrons. The highest BCUT2D eigenvalue weighted by molar-refractivity contribution is 6.30. The molecule has 0 radical (unpaired) electrons. The number of carbonyl (C=O) groups excluding carboxylic acids is 2. The van der Waals surface area contributed by atoms with Gasteiger partial charge in [0.2, 0.25) is 11.8 Å². The number of alkyl halides is 3. The van der Waals surface area contributed by atoms with Gasteiger partial charge in [-0.25, -0.2) is 4.98 Å². The molecule has 4 rings (SSSR count). The van der Waals surface area contributed by atoms with E-state index in [1.54, 1.807) is 30.9 Å². The third kappa shape index (κ3) is 7.48. The molecule has 2 aromatic heterocycles. The average molecular weight is 633 g/mol. The Morgan fingerprint density at radius 2 is 2.00 bits per heavy atom. The molecule has 1 aromatic carbocycles. The van der Waals surface area contributed by atoms with Crippen molar-refractivity contribution in [2.75, 3.05) is 33.4 Å². The second-order valence-corrected chi connectivity index (χ2v) is 11.1. The molecular weight excluding hydrogens is 597 g/mol. The van der Waals surface area contributed by atoms with Gasteiger partial charge in [-0.15, -0.1) is 0 Å². The first-order valence-electron chi connectivity index (χ1n) is 14.3. The molecule has 2 amide bonds. The van der Waals surface area contributed by atoms with E-state index < -0.39 is 30.1 Å². The SMILES string of the molecule is CCCN(CCNC1c2ccc(Cl)cc2C(C(NC(=O)COC)c2cncn2C)=Cc2cccnc21)C(=O)C(C)C(F)(F)F. The first-order chi connectivity index (χ1) is 21.0. The number of rotatable bonds is 12. The number of aryl methyl sites for hydroxylation is 1. The van der Waals surface area contributed by atoms with Crippen LogP contribution in [0.3, 0.4) is 0 Å². The van der Waals surface area contributed by atoms with Gasteiger partial charge in [-0.1, -0.05) is 30.7 Å². The number of methoxy groups -OCH3 is 1. The van der Waals surface area contributed by atoms with Gasteiger partial charge in [-0.05, 0) is 59.9 Å². The molecule has 2 heterocycles. The Balaban J connectivity index is 1.75. The summed E-state index contributed by atoms with van der Waals surface area (Å²) in [6, 6.07) is 7.98.